The highest BCUT2D eigenvalue weighted by Gasteiger charge is 2.21. The van der Waals surface area contributed by atoms with E-state index in [9.17, 15) is 4.79 Å². The van der Waals surface area contributed by atoms with Crippen LogP contribution in [-0.4, -0.2) is 35.1 Å². The number of hydrogen-bond donors (Lipinski definition) is 2. The third kappa shape index (κ3) is 4.47. The molecule has 1 atom stereocenters. The first-order valence-electron chi connectivity index (χ1n) is 9.01. The Morgan fingerprint density at radius 1 is 1.16 bits per heavy atom. The van der Waals surface area contributed by atoms with E-state index >= 15 is 0 Å². The van der Waals surface area contributed by atoms with E-state index in [4.69, 9.17) is 5.11 Å². The van der Waals surface area contributed by atoms with Crippen molar-refractivity contribution in [1.29, 1.82) is 0 Å². The van der Waals surface area contributed by atoms with Gasteiger partial charge in [-0.15, -0.1) is 0 Å². The number of hydrogen-bond acceptors (Lipinski definition) is 3. The van der Waals surface area contributed by atoms with Gasteiger partial charge in [0, 0.05) is 32.2 Å². The van der Waals surface area contributed by atoms with E-state index in [-0.39, 0.29) is 0 Å². The molecule has 132 valence electrons. The zero-order chi connectivity index (χ0) is 17.6. The van der Waals surface area contributed by atoms with Crippen molar-refractivity contribution < 1.29 is 9.90 Å². The molecule has 0 saturated carbocycles. The lowest BCUT2D eigenvalue weighted by Gasteiger charge is -2.35. The molecule has 1 aliphatic heterocycles. The molecule has 2 aromatic carbocycles. The van der Waals surface area contributed by atoms with E-state index in [1.807, 2.05) is 12.1 Å². The minimum absolute atomic E-state index is 0.335. The van der Waals surface area contributed by atoms with Gasteiger partial charge in [0.2, 0.25) is 0 Å². The maximum atomic E-state index is 10.9. The second-order valence-corrected chi connectivity index (χ2v) is 6.68. The zero-order valence-electron chi connectivity index (χ0n) is 14.7. The maximum Gasteiger partial charge on any atom is 0.335 e. The van der Waals surface area contributed by atoms with Gasteiger partial charge in [-0.25, -0.2) is 4.79 Å². The van der Waals surface area contributed by atoms with Gasteiger partial charge in [0.1, 0.15) is 0 Å². The molecule has 0 fully saturated rings. The summed E-state index contributed by atoms with van der Waals surface area (Å²) in [5.74, 6) is -0.879. The van der Waals surface area contributed by atoms with Crippen molar-refractivity contribution in [3.63, 3.8) is 0 Å². The third-order valence-corrected chi connectivity index (χ3v) is 5.06. The molecule has 2 N–H and O–H groups in total. The summed E-state index contributed by atoms with van der Waals surface area (Å²) in [6.45, 7) is 6.10. The van der Waals surface area contributed by atoms with Crippen LogP contribution in [0.2, 0.25) is 0 Å². The quantitative estimate of drug-likeness (QED) is 0.813. The van der Waals surface area contributed by atoms with Gasteiger partial charge < -0.3 is 10.4 Å². The molecule has 4 heteroatoms. The number of carboxylic acid groups (broad SMARTS) is 1. The monoisotopic (exact) mass is 338 g/mol. The molecule has 2 aromatic rings. The molecule has 0 bridgehead atoms. The molecule has 4 nitrogen and oxygen atoms in total. The summed E-state index contributed by atoms with van der Waals surface area (Å²) in [6, 6.07) is 16.4. The SMILES string of the molecule is CCC(CNCc1ccc(C(=O)O)cc1)N1CCc2ccccc2C1. The van der Waals surface area contributed by atoms with Crippen LogP contribution in [0.1, 0.15) is 40.4 Å². The van der Waals surface area contributed by atoms with Gasteiger partial charge in [0.05, 0.1) is 5.56 Å². The Morgan fingerprint density at radius 2 is 1.88 bits per heavy atom. The average molecular weight is 338 g/mol. The van der Waals surface area contributed by atoms with E-state index in [0.29, 0.717) is 11.6 Å². The van der Waals surface area contributed by atoms with Gasteiger partial charge in [-0.05, 0) is 41.7 Å². The van der Waals surface area contributed by atoms with Crippen LogP contribution in [-0.2, 0) is 19.5 Å². The van der Waals surface area contributed by atoms with Crippen LogP contribution < -0.4 is 5.32 Å². The van der Waals surface area contributed by atoms with E-state index in [0.717, 1.165) is 44.6 Å². The molecule has 0 aliphatic carbocycles. The summed E-state index contributed by atoms with van der Waals surface area (Å²) in [6.07, 6.45) is 2.25. The number of nitrogens with one attached hydrogen (secondary N) is 1. The molecular weight excluding hydrogens is 312 g/mol. The fraction of sp³-hybridized carbons (Fsp3) is 0.381. The molecule has 1 unspecified atom stereocenters. The highest BCUT2D eigenvalue weighted by molar-refractivity contribution is 5.87. The van der Waals surface area contributed by atoms with Crippen LogP contribution in [0.3, 0.4) is 0 Å². The van der Waals surface area contributed by atoms with E-state index in [1.165, 1.54) is 11.1 Å². The van der Waals surface area contributed by atoms with Gasteiger partial charge >= 0.3 is 5.97 Å². The molecule has 25 heavy (non-hydrogen) atoms. The largest absolute Gasteiger partial charge is 0.478 e. The number of aromatic carboxylic acids is 1. The van der Waals surface area contributed by atoms with Crippen LogP contribution in [0.4, 0.5) is 0 Å². The summed E-state index contributed by atoms with van der Waals surface area (Å²) >= 11 is 0. The number of carbonyl (C=O) groups is 1. The third-order valence-electron chi connectivity index (χ3n) is 5.06. The minimum atomic E-state index is -0.879. The maximum absolute atomic E-state index is 10.9. The van der Waals surface area contributed by atoms with Crippen LogP contribution in [0.15, 0.2) is 48.5 Å². The molecule has 0 spiro atoms. The predicted octanol–water partition coefficient (Wildman–Crippen LogP) is 3.31. The summed E-state index contributed by atoms with van der Waals surface area (Å²) in [4.78, 5) is 13.5. The number of fused-ring (bicyclic) bond motifs is 1. The number of nitrogens with zero attached hydrogens (tertiary/aromatic N) is 1. The number of rotatable bonds is 7. The zero-order valence-corrected chi connectivity index (χ0v) is 14.7. The molecular formula is C21H26N2O2. The van der Waals surface area contributed by atoms with Gasteiger partial charge in [0.15, 0.2) is 0 Å². The van der Waals surface area contributed by atoms with Crippen molar-refractivity contribution in [2.45, 2.75) is 38.9 Å². The van der Waals surface area contributed by atoms with Gasteiger partial charge in [-0.1, -0.05) is 43.3 Å². The highest BCUT2D eigenvalue weighted by Crippen LogP contribution is 2.21. The van der Waals surface area contributed by atoms with Crippen molar-refractivity contribution in [1.82, 2.24) is 10.2 Å². The average Bonchev–Trinajstić information content (AvgIpc) is 2.65. The Bertz CT molecular complexity index is 712. The summed E-state index contributed by atoms with van der Waals surface area (Å²) in [7, 11) is 0. The lowest BCUT2D eigenvalue weighted by Crippen LogP contribution is -2.44. The lowest BCUT2D eigenvalue weighted by molar-refractivity contribution is 0.0697. The van der Waals surface area contributed by atoms with E-state index in [2.05, 4.69) is 41.4 Å². The second kappa shape index (κ2) is 8.28. The first-order valence-corrected chi connectivity index (χ1v) is 9.01. The summed E-state index contributed by atoms with van der Waals surface area (Å²) < 4.78 is 0. The van der Waals surface area contributed by atoms with Gasteiger partial charge in [-0.3, -0.25) is 4.90 Å². The second-order valence-electron chi connectivity index (χ2n) is 6.68. The summed E-state index contributed by atoms with van der Waals surface area (Å²) in [5.41, 5.74) is 4.39. The summed E-state index contributed by atoms with van der Waals surface area (Å²) in [5, 5.41) is 12.5. The normalized spacial score (nSPS) is 15.6. The molecule has 0 amide bonds. The van der Waals surface area contributed by atoms with E-state index in [1.54, 1.807) is 12.1 Å². The Kier molecular flexibility index (Phi) is 5.84. The van der Waals surface area contributed by atoms with Gasteiger partial charge in [0.25, 0.3) is 0 Å². The number of carboxylic acids is 1. The van der Waals surface area contributed by atoms with Crippen LogP contribution in [0.5, 0.6) is 0 Å². The highest BCUT2D eigenvalue weighted by atomic mass is 16.4. The van der Waals surface area contributed by atoms with Crippen molar-refractivity contribution in [3.05, 3.63) is 70.8 Å². The standard InChI is InChI=1S/C21H26N2O2/c1-2-20(23-12-11-17-5-3-4-6-19(17)15-23)14-22-13-16-7-9-18(10-8-16)21(24)25/h3-10,20,22H,2,11-15H2,1H3,(H,24,25). The molecule has 1 heterocycles. The van der Waals surface area contributed by atoms with Crippen molar-refractivity contribution >= 4 is 5.97 Å². The Labute approximate surface area is 149 Å². The topological polar surface area (TPSA) is 52.6 Å². The Morgan fingerprint density at radius 3 is 2.56 bits per heavy atom. The Hall–Kier alpha value is -2.17. The molecule has 0 aromatic heterocycles. The number of benzene rings is 2. The smallest absolute Gasteiger partial charge is 0.335 e. The minimum Gasteiger partial charge on any atom is -0.478 e. The van der Waals surface area contributed by atoms with E-state index < -0.39 is 5.97 Å². The van der Waals surface area contributed by atoms with Crippen molar-refractivity contribution in [3.8, 4) is 0 Å². The van der Waals surface area contributed by atoms with Crippen molar-refractivity contribution in [2.75, 3.05) is 13.1 Å². The predicted molar refractivity (Wildman–Crippen MR) is 99.7 cm³/mol. The molecule has 3 rings (SSSR count). The van der Waals surface area contributed by atoms with Crippen molar-refractivity contribution in [2.24, 2.45) is 0 Å². The van der Waals surface area contributed by atoms with Gasteiger partial charge in [-0.2, -0.15) is 0 Å². The lowest BCUT2D eigenvalue weighted by atomic mass is 9.98. The fourth-order valence-corrected chi connectivity index (χ4v) is 3.51. The fourth-order valence-electron chi connectivity index (χ4n) is 3.51. The molecule has 1 aliphatic rings. The first-order chi connectivity index (χ1) is 12.2. The van der Waals surface area contributed by atoms with Crippen LogP contribution in [0.25, 0.3) is 0 Å². The Balaban J connectivity index is 1.52. The van der Waals surface area contributed by atoms with Crippen LogP contribution >= 0.6 is 0 Å². The molecule has 0 saturated heterocycles. The first kappa shape index (κ1) is 17.6. The van der Waals surface area contributed by atoms with Crippen LogP contribution in [0, 0.1) is 0 Å². The molecule has 0 radical (unpaired) electrons.